The average Bonchev–Trinajstić information content (AvgIpc) is 2.56. The molecular formula is C12H8F18O. The maximum Gasteiger partial charge on any atom is 0.435 e. The van der Waals surface area contributed by atoms with Crippen LogP contribution in [0.4, 0.5) is 79.0 Å². The van der Waals surface area contributed by atoms with Crippen molar-refractivity contribution in [2.24, 2.45) is 0 Å². The summed E-state index contributed by atoms with van der Waals surface area (Å²) in [6.45, 7) is -1.75. The van der Waals surface area contributed by atoms with Gasteiger partial charge in [0.05, 0.1) is 6.61 Å². The standard InChI is InChI=1S/C12H8F18O/c1-31-3-2-5(15,16)8(20,21)7(19,12(28,29)30)10(24,25)11(26,27)9(22,23)6(17,18)4(13)14/h4H,2-3H2,1H3. The van der Waals surface area contributed by atoms with Crippen molar-refractivity contribution in [3.63, 3.8) is 0 Å². The first kappa shape index (κ1) is 29.7. The average molecular weight is 510 g/mol. The lowest BCUT2D eigenvalue weighted by molar-refractivity contribution is -0.462. The van der Waals surface area contributed by atoms with Gasteiger partial charge >= 0.3 is 53.8 Å². The fraction of sp³-hybridized carbons (Fsp3) is 1.00. The summed E-state index contributed by atoms with van der Waals surface area (Å²) < 4.78 is 239. The molecule has 0 rings (SSSR count). The van der Waals surface area contributed by atoms with Gasteiger partial charge in [0.15, 0.2) is 0 Å². The van der Waals surface area contributed by atoms with E-state index < -0.39 is 66.8 Å². The van der Waals surface area contributed by atoms with Gasteiger partial charge in [0, 0.05) is 13.5 Å². The molecule has 1 nitrogen and oxygen atoms in total. The minimum absolute atomic E-state index is 0.413. The first-order valence-electron chi connectivity index (χ1n) is 7.05. The summed E-state index contributed by atoms with van der Waals surface area (Å²) >= 11 is 0. The molecule has 0 amide bonds. The van der Waals surface area contributed by atoms with Crippen LogP contribution in [0.3, 0.4) is 0 Å². The van der Waals surface area contributed by atoms with Crippen molar-refractivity contribution in [1.29, 1.82) is 0 Å². The van der Waals surface area contributed by atoms with Crippen molar-refractivity contribution in [2.45, 2.75) is 60.2 Å². The Kier molecular flexibility index (Phi) is 7.60. The molecule has 0 fully saturated rings. The Hall–Kier alpha value is -1.30. The smallest absolute Gasteiger partial charge is 0.384 e. The van der Waals surface area contributed by atoms with Crippen LogP contribution in [0.5, 0.6) is 0 Å². The van der Waals surface area contributed by atoms with E-state index in [9.17, 15) is 79.0 Å². The second-order valence-electron chi connectivity index (χ2n) is 5.82. The summed E-state index contributed by atoms with van der Waals surface area (Å²) in [5.41, 5.74) is -8.67. The van der Waals surface area contributed by atoms with Gasteiger partial charge in [0.25, 0.3) is 0 Å². The lowest BCUT2D eigenvalue weighted by Gasteiger charge is -2.46. The highest BCUT2D eigenvalue weighted by Crippen LogP contribution is 2.66. The Balaban J connectivity index is 7.13. The maximum absolute atomic E-state index is 14.0. The first-order valence-corrected chi connectivity index (χ1v) is 7.05. The molecule has 0 heterocycles. The Morgan fingerprint density at radius 1 is 0.581 bits per heavy atom. The van der Waals surface area contributed by atoms with E-state index in [1.165, 1.54) is 0 Å². The number of ether oxygens (including phenoxy) is 1. The van der Waals surface area contributed by atoms with Crippen LogP contribution < -0.4 is 0 Å². The number of rotatable bonds is 10. The van der Waals surface area contributed by atoms with Gasteiger partial charge in [-0.2, -0.15) is 65.9 Å². The van der Waals surface area contributed by atoms with Crippen LogP contribution in [-0.2, 0) is 4.74 Å². The van der Waals surface area contributed by atoms with Gasteiger partial charge < -0.3 is 4.74 Å². The number of hydrogen-bond acceptors (Lipinski definition) is 1. The van der Waals surface area contributed by atoms with Gasteiger partial charge in [-0.25, -0.2) is 13.2 Å². The summed E-state index contributed by atoms with van der Waals surface area (Å²) in [6, 6.07) is 0. The zero-order valence-corrected chi connectivity index (χ0v) is 14.2. The van der Waals surface area contributed by atoms with Gasteiger partial charge in [-0.1, -0.05) is 0 Å². The molecular weight excluding hydrogens is 502 g/mol. The van der Waals surface area contributed by atoms with E-state index in [1.54, 1.807) is 0 Å². The molecule has 188 valence electrons. The highest BCUT2D eigenvalue weighted by atomic mass is 19.4. The van der Waals surface area contributed by atoms with Gasteiger partial charge in [0.2, 0.25) is 0 Å². The third-order valence-electron chi connectivity index (χ3n) is 3.82. The molecule has 1 atom stereocenters. The SMILES string of the molecule is COCCC(F)(F)C(F)(F)C(F)(C(F)(F)F)C(F)(F)C(F)(F)C(F)(F)C(F)(F)C(F)F. The topological polar surface area (TPSA) is 9.23 Å². The molecule has 0 aliphatic carbocycles. The highest BCUT2D eigenvalue weighted by molar-refractivity contribution is 5.21. The summed E-state index contributed by atoms with van der Waals surface area (Å²) in [5.74, 6) is -48.3. The van der Waals surface area contributed by atoms with Crippen LogP contribution in [0.15, 0.2) is 0 Å². The molecule has 0 bridgehead atoms. The predicted octanol–water partition coefficient (Wildman–Crippen LogP) is 6.37. The monoisotopic (exact) mass is 510 g/mol. The lowest BCUT2D eigenvalue weighted by Crippen LogP contribution is -2.79. The van der Waals surface area contributed by atoms with Crippen molar-refractivity contribution in [1.82, 2.24) is 0 Å². The molecule has 0 N–H and O–H groups in total. The largest absolute Gasteiger partial charge is 0.435 e. The van der Waals surface area contributed by atoms with Crippen molar-refractivity contribution >= 4 is 0 Å². The second-order valence-corrected chi connectivity index (χ2v) is 5.82. The van der Waals surface area contributed by atoms with Crippen LogP contribution in [-0.4, -0.2) is 67.5 Å². The van der Waals surface area contributed by atoms with Gasteiger partial charge in [-0.05, 0) is 0 Å². The molecule has 0 aliphatic rings. The van der Waals surface area contributed by atoms with Crippen molar-refractivity contribution < 1.29 is 83.8 Å². The molecule has 0 aromatic carbocycles. The fourth-order valence-electron chi connectivity index (χ4n) is 1.95. The van der Waals surface area contributed by atoms with E-state index in [0.29, 0.717) is 7.11 Å². The molecule has 0 aromatic heterocycles. The molecule has 1 unspecified atom stereocenters. The lowest BCUT2D eigenvalue weighted by atomic mass is 9.79. The van der Waals surface area contributed by atoms with Crippen molar-refractivity contribution in [3.05, 3.63) is 0 Å². The minimum atomic E-state index is -8.86. The van der Waals surface area contributed by atoms with Crippen LogP contribution in [0.2, 0.25) is 0 Å². The molecule has 19 heteroatoms. The van der Waals surface area contributed by atoms with E-state index in [4.69, 9.17) is 0 Å². The zero-order chi connectivity index (χ0) is 25.7. The van der Waals surface area contributed by atoms with E-state index >= 15 is 0 Å². The van der Waals surface area contributed by atoms with E-state index in [-0.39, 0.29) is 0 Å². The summed E-state index contributed by atoms with van der Waals surface area (Å²) in [5, 5.41) is 0. The third kappa shape index (κ3) is 3.87. The van der Waals surface area contributed by atoms with E-state index in [0.717, 1.165) is 0 Å². The number of alkyl halides is 18. The Morgan fingerprint density at radius 3 is 1.26 bits per heavy atom. The quantitative estimate of drug-likeness (QED) is 0.311. The van der Waals surface area contributed by atoms with E-state index in [1.807, 2.05) is 0 Å². The molecule has 31 heavy (non-hydrogen) atoms. The molecule has 0 radical (unpaired) electrons. The van der Waals surface area contributed by atoms with Crippen molar-refractivity contribution in [3.8, 4) is 0 Å². The molecule has 0 aromatic rings. The van der Waals surface area contributed by atoms with Gasteiger partial charge in [-0.3, -0.25) is 0 Å². The maximum atomic E-state index is 14.0. The second kappa shape index (κ2) is 7.93. The van der Waals surface area contributed by atoms with Crippen LogP contribution >= 0.6 is 0 Å². The molecule has 0 saturated carbocycles. The summed E-state index contributed by atoms with van der Waals surface area (Å²) in [7, 11) is 0.413. The number of halogens is 18. The fourth-order valence-corrected chi connectivity index (χ4v) is 1.95. The highest BCUT2D eigenvalue weighted by Gasteiger charge is 2.97. The third-order valence-corrected chi connectivity index (χ3v) is 3.82. The Labute approximate surface area is 159 Å². The Bertz CT molecular complexity index is 622. The number of hydrogen-bond donors (Lipinski definition) is 0. The summed E-state index contributed by atoms with van der Waals surface area (Å²) in [6.07, 6.45) is -17.1. The van der Waals surface area contributed by atoms with Crippen LogP contribution in [0, 0.1) is 0 Å². The zero-order valence-electron chi connectivity index (χ0n) is 14.2. The normalized spacial score (nSPS) is 17.8. The Morgan fingerprint density at radius 2 is 0.968 bits per heavy atom. The van der Waals surface area contributed by atoms with E-state index in [2.05, 4.69) is 4.74 Å². The van der Waals surface area contributed by atoms with Crippen LogP contribution in [0.1, 0.15) is 6.42 Å². The number of methoxy groups -OCH3 is 1. The minimum Gasteiger partial charge on any atom is -0.384 e. The summed E-state index contributed by atoms with van der Waals surface area (Å²) in [4.78, 5) is 0. The van der Waals surface area contributed by atoms with Crippen LogP contribution in [0.25, 0.3) is 0 Å². The molecule has 0 spiro atoms. The molecule has 0 saturated heterocycles. The molecule has 0 aliphatic heterocycles. The first-order chi connectivity index (χ1) is 13.3. The van der Waals surface area contributed by atoms with Gasteiger partial charge in [-0.15, -0.1) is 0 Å². The predicted molar refractivity (Wildman–Crippen MR) is 62.1 cm³/mol. The van der Waals surface area contributed by atoms with Crippen molar-refractivity contribution in [2.75, 3.05) is 13.7 Å². The van der Waals surface area contributed by atoms with Gasteiger partial charge in [0.1, 0.15) is 0 Å².